The molecule has 26 heavy (non-hydrogen) atoms. The standard InChI is InChI=1S/C13H22N4O8S/c1-5(13(24)25)15-12(23)8(4-26)17-11(22)7(3-18)16-10(21)6(14)2-9(19)20/h5-8,18,26H,2-4,14H2,1H3,(H,15,23)(H,16,21)(H,17,22)(H,19,20)(H,24,25). The molecule has 0 fully saturated rings. The van der Waals surface area contributed by atoms with E-state index in [1.54, 1.807) is 0 Å². The lowest BCUT2D eigenvalue weighted by molar-refractivity contribution is -0.141. The van der Waals surface area contributed by atoms with Crippen molar-refractivity contribution in [1.29, 1.82) is 0 Å². The second-order valence-corrected chi connectivity index (χ2v) is 5.63. The molecule has 0 bridgehead atoms. The molecule has 0 radical (unpaired) electrons. The smallest absolute Gasteiger partial charge is 0.325 e. The predicted molar refractivity (Wildman–Crippen MR) is 90.3 cm³/mol. The molecule has 0 aliphatic heterocycles. The SMILES string of the molecule is CC(NC(=O)C(CS)NC(=O)C(CO)NC(=O)C(N)CC(=O)O)C(=O)O. The first kappa shape index (κ1) is 23.6. The zero-order valence-corrected chi connectivity index (χ0v) is 14.7. The van der Waals surface area contributed by atoms with Crippen molar-refractivity contribution < 1.29 is 39.3 Å². The number of amides is 3. The Bertz CT molecular complexity index is 558. The van der Waals surface area contributed by atoms with Crippen LogP contribution < -0.4 is 21.7 Å². The normalized spacial score (nSPS) is 15.1. The lowest BCUT2D eigenvalue weighted by atomic mass is 10.1. The van der Waals surface area contributed by atoms with Crippen LogP contribution in [0.4, 0.5) is 0 Å². The summed E-state index contributed by atoms with van der Waals surface area (Å²) in [6, 6.07) is -5.36. The molecular weight excluding hydrogens is 372 g/mol. The highest BCUT2D eigenvalue weighted by Crippen LogP contribution is 1.96. The number of thiol groups is 1. The lowest BCUT2D eigenvalue weighted by Gasteiger charge is -2.22. The number of carboxylic acids is 2. The first-order valence-corrected chi connectivity index (χ1v) is 7.99. The number of carbonyl (C=O) groups is 5. The fourth-order valence-electron chi connectivity index (χ4n) is 1.60. The van der Waals surface area contributed by atoms with Gasteiger partial charge in [-0.3, -0.25) is 24.0 Å². The molecule has 0 rings (SSSR count). The molecule has 0 heterocycles. The first-order valence-electron chi connectivity index (χ1n) is 7.36. The third-order valence-electron chi connectivity index (χ3n) is 3.09. The number of hydrogen-bond donors (Lipinski definition) is 8. The minimum atomic E-state index is -1.49. The summed E-state index contributed by atoms with van der Waals surface area (Å²) in [6.07, 6.45) is -0.680. The Morgan fingerprint density at radius 2 is 1.46 bits per heavy atom. The minimum absolute atomic E-state index is 0.186. The zero-order valence-electron chi connectivity index (χ0n) is 13.8. The molecule has 4 atom stereocenters. The van der Waals surface area contributed by atoms with Gasteiger partial charge in [-0.15, -0.1) is 0 Å². The van der Waals surface area contributed by atoms with Crippen LogP contribution in [0.5, 0.6) is 0 Å². The Hall–Kier alpha value is -2.38. The van der Waals surface area contributed by atoms with E-state index in [2.05, 4.69) is 28.6 Å². The minimum Gasteiger partial charge on any atom is -0.481 e. The molecule has 0 aliphatic rings. The number of hydrogen-bond acceptors (Lipinski definition) is 8. The Morgan fingerprint density at radius 1 is 0.962 bits per heavy atom. The van der Waals surface area contributed by atoms with Crippen LogP contribution in [0.15, 0.2) is 0 Å². The summed E-state index contributed by atoms with van der Waals surface area (Å²) in [5.74, 6) is -5.55. The molecule has 0 aromatic rings. The molecule has 0 aromatic carbocycles. The van der Waals surface area contributed by atoms with Crippen LogP contribution >= 0.6 is 12.6 Å². The maximum Gasteiger partial charge on any atom is 0.325 e. The molecule has 12 nitrogen and oxygen atoms in total. The van der Waals surface area contributed by atoms with E-state index in [9.17, 15) is 29.1 Å². The number of aliphatic carboxylic acids is 2. The molecular formula is C13H22N4O8S. The van der Waals surface area contributed by atoms with E-state index in [0.29, 0.717) is 0 Å². The van der Waals surface area contributed by atoms with Crippen molar-refractivity contribution in [3.8, 4) is 0 Å². The molecule has 0 saturated carbocycles. The van der Waals surface area contributed by atoms with Gasteiger partial charge < -0.3 is 37.0 Å². The summed E-state index contributed by atoms with van der Waals surface area (Å²) in [5.41, 5.74) is 5.34. The van der Waals surface area contributed by atoms with Gasteiger partial charge in [0.2, 0.25) is 17.7 Å². The van der Waals surface area contributed by atoms with Crippen LogP contribution in [0.3, 0.4) is 0 Å². The Kier molecular flexibility index (Phi) is 10.2. The molecule has 8 N–H and O–H groups in total. The van der Waals surface area contributed by atoms with Crippen molar-refractivity contribution in [2.24, 2.45) is 5.73 Å². The second kappa shape index (κ2) is 11.3. The Morgan fingerprint density at radius 3 is 1.88 bits per heavy atom. The van der Waals surface area contributed by atoms with Gasteiger partial charge in [-0.1, -0.05) is 0 Å². The average Bonchev–Trinajstić information content (AvgIpc) is 2.55. The van der Waals surface area contributed by atoms with Gasteiger partial charge in [0.25, 0.3) is 0 Å². The van der Waals surface area contributed by atoms with Gasteiger partial charge in [-0.2, -0.15) is 12.6 Å². The van der Waals surface area contributed by atoms with Gasteiger partial charge in [0.1, 0.15) is 18.1 Å². The molecule has 13 heteroatoms. The van der Waals surface area contributed by atoms with Gasteiger partial charge in [0.05, 0.1) is 19.1 Å². The number of aliphatic hydroxyl groups excluding tert-OH is 1. The van der Waals surface area contributed by atoms with Gasteiger partial charge in [0.15, 0.2) is 0 Å². The quantitative estimate of drug-likeness (QED) is 0.162. The van der Waals surface area contributed by atoms with Crippen molar-refractivity contribution in [3.05, 3.63) is 0 Å². The lowest BCUT2D eigenvalue weighted by Crippen LogP contribution is -2.58. The number of rotatable bonds is 11. The summed E-state index contributed by atoms with van der Waals surface area (Å²) >= 11 is 3.88. The highest BCUT2D eigenvalue weighted by molar-refractivity contribution is 7.80. The van der Waals surface area contributed by atoms with Gasteiger partial charge in [0, 0.05) is 5.75 Å². The van der Waals surface area contributed by atoms with Crippen molar-refractivity contribution >= 4 is 42.3 Å². The molecule has 0 saturated heterocycles. The summed E-state index contributed by atoms with van der Waals surface area (Å²) in [4.78, 5) is 56.9. The highest BCUT2D eigenvalue weighted by Gasteiger charge is 2.28. The third-order valence-corrected chi connectivity index (χ3v) is 3.46. The fourth-order valence-corrected chi connectivity index (χ4v) is 1.85. The molecule has 0 aromatic heterocycles. The number of nitrogens with two attached hydrogens (primary N) is 1. The van der Waals surface area contributed by atoms with Gasteiger partial charge in [-0.25, -0.2) is 0 Å². The van der Waals surface area contributed by atoms with E-state index in [-0.39, 0.29) is 5.75 Å². The molecule has 148 valence electrons. The summed E-state index contributed by atoms with van der Waals surface area (Å²) in [6.45, 7) is 0.377. The van der Waals surface area contributed by atoms with E-state index < -0.39 is 66.9 Å². The predicted octanol–water partition coefficient (Wildman–Crippen LogP) is -3.73. The maximum atomic E-state index is 12.1. The van der Waals surface area contributed by atoms with Crippen molar-refractivity contribution in [1.82, 2.24) is 16.0 Å². The Labute approximate surface area is 153 Å². The second-order valence-electron chi connectivity index (χ2n) is 5.26. The van der Waals surface area contributed by atoms with Crippen LogP contribution in [0.2, 0.25) is 0 Å². The van der Waals surface area contributed by atoms with Crippen LogP contribution in [0.25, 0.3) is 0 Å². The van der Waals surface area contributed by atoms with Gasteiger partial charge >= 0.3 is 11.9 Å². The fraction of sp³-hybridized carbons (Fsp3) is 0.615. The summed E-state index contributed by atoms with van der Waals surface area (Å²) < 4.78 is 0. The van der Waals surface area contributed by atoms with E-state index in [1.165, 1.54) is 6.92 Å². The molecule has 0 aliphatic carbocycles. The summed E-state index contributed by atoms with van der Waals surface area (Å²) in [5, 5.41) is 32.9. The van der Waals surface area contributed by atoms with Crippen LogP contribution in [0.1, 0.15) is 13.3 Å². The molecule has 4 unspecified atom stereocenters. The van der Waals surface area contributed by atoms with Crippen LogP contribution in [-0.4, -0.2) is 81.5 Å². The maximum absolute atomic E-state index is 12.1. The number of nitrogens with one attached hydrogen (secondary N) is 3. The van der Waals surface area contributed by atoms with E-state index in [4.69, 9.17) is 15.9 Å². The third kappa shape index (κ3) is 8.13. The highest BCUT2D eigenvalue weighted by atomic mass is 32.1. The monoisotopic (exact) mass is 394 g/mol. The first-order chi connectivity index (χ1) is 12.0. The zero-order chi connectivity index (χ0) is 20.4. The van der Waals surface area contributed by atoms with Crippen molar-refractivity contribution in [2.75, 3.05) is 12.4 Å². The van der Waals surface area contributed by atoms with E-state index in [1.807, 2.05) is 0 Å². The average molecular weight is 394 g/mol. The summed E-state index contributed by atoms with van der Waals surface area (Å²) in [7, 11) is 0. The van der Waals surface area contributed by atoms with Crippen LogP contribution in [-0.2, 0) is 24.0 Å². The largest absolute Gasteiger partial charge is 0.481 e. The van der Waals surface area contributed by atoms with Crippen LogP contribution in [0, 0.1) is 0 Å². The topological polar surface area (TPSA) is 208 Å². The van der Waals surface area contributed by atoms with E-state index in [0.717, 1.165) is 0 Å². The molecule has 0 spiro atoms. The van der Waals surface area contributed by atoms with Crippen molar-refractivity contribution in [3.63, 3.8) is 0 Å². The number of aliphatic hydroxyl groups is 1. The van der Waals surface area contributed by atoms with E-state index >= 15 is 0 Å². The van der Waals surface area contributed by atoms with Crippen molar-refractivity contribution in [2.45, 2.75) is 37.5 Å². The number of carboxylic acid groups (broad SMARTS) is 2. The number of carbonyl (C=O) groups excluding carboxylic acids is 3. The molecule has 3 amide bonds. The van der Waals surface area contributed by atoms with Gasteiger partial charge in [-0.05, 0) is 6.92 Å². The Balaban J connectivity index is 4.84.